The van der Waals surface area contributed by atoms with Crippen molar-refractivity contribution in [2.45, 2.75) is 33.4 Å². The van der Waals surface area contributed by atoms with E-state index in [1.54, 1.807) is 0 Å². The molecule has 1 amide bonds. The number of rotatable bonds is 6. The Kier molecular flexibility index (Phi) is 6.05. The second kappa shape index (κ2) is 9.27. The molecule has 0 saturated carbocycles. The number of para-hydroxylation sites is 1. The molecule has 172 valence electrons. The standard InChI is InChI=1S/C26H29N3O4/c1-18-23(19(2)33-27-18)17-32-25-6-4-3-5-22(25)26(30)29-12-10-28(11-13-29)16-20-7-8-24-21(15-20)9-14-31-24/h3-8,15H,9-14,16-17H2,1-2H3. The molecule has 0 N–H and O–H groups in total. The van der Waals surface area contributed by atoms with Gasteiger partial charge in [-0.15, -0.1) is 0 Å². The molecule has 7 nitrogen and oxygen atoms in total. The van der Waals surface area contributed by atoms with Crippen molar-refractivity contribution in [3.05, 3.63) is 76.2 Å². The molecule has 1 fully saturated rings. The minimum absolute atomic E-state index is 0.0127. The van der Waals surface area contributed by atoms with E-state index in [4.69, 9.17) is 14.0 Å². The van der Waals surface area contributed by atoms with Crippen LogP contribution in [0.2, 0.25) is 0 Å². The van der Waals surface area contributed by atoms with Crippen LogP contribution in [-0.2, 0) is 19.6 Å². The molecular weight excluding hydrogens is 418 g/mol. The number of hydrogen-bond acceptors (Lipinski definition) is 6. The van der Waals surface area contributed by atoms with Gasteiger partial charge in [-0.25, -0.2) is 0 Å². The Bertz CT molecular complexity index is 1130. The van der Waals surface area contributed by atoms with Gasteiger partial charge in [0.05, 0.1) is 23.4 Å². The molecule has 1 aromatic heterocycles. The quantitative estimate of drug-likeness (QED) is 0.573. The highest BCUT2D eigenvalue weighted by Gasteiger charge is 2.25. The molecule has 3 aromatic rings. The van der Waals surface area contributed by atoms with Gasteiger partial charge in [-0.2, -0.15) is 0 Å². The van der Waals surface area contributed by atoms with Crippen LogP contribution in [0.25, 0.3) is 0 Å². The average Bonchev–Trinajstić information content (AvgIpc) is 3.43. The molecule has 7 heteroatoms. The zero-order chi connectivity index (χ0) is 22.8. The SMILES string of the molecule is Cc1noc(C)c1COc1ccccc1C(=O)N1CCN(Cc2ccc3c(c2)CCO3)CC1. The van der Waals surface area contributed by atoms with E-state index in [1.165, 1.54) is 11.1 Å². The third-order valence-electron chi connectivity index (χ3n) is 6.49. The number of aromatic nitrogens is 1. The highest BCUT2D eigenvalue weighted by atomic mass is 16.5. The number of hydrogen-bond donors (Lipinski definition) is 0. The van der Waals surface area contributed by atoms with Gasteiger partial charge in [-0.05, 0) is 43.2 Å². The number of aryl methyl sites for hydroxylation is 2. The smallest absolute Gasteiger partial charge is 0.257 e. The molecule has 0 bridgehead atoms. The first kappa shape index (κ1) is 21.5. The lowest BCUT2D eigenvalue weighted by atomic mass is 10.1. The van der Waals surface area contributed by atoms with Gasteiger partial charge in [0, 0.05) is 39.1 Å². The summed E-state index contributed by atoms with van der Waals surface area (Å²) in [5.74, 6) is 2.36. The Morgan fingerprint density at radius 3 is 2.70 bits per heavy atom. The van der Waals surface area contributed by atoms with Gasteiger partial charge in [0.25, 0.3) is 5.91 Å². The Morgan fingerprint density at radius 2 is 1.91 bits per heavy atom. The van der Waals surface area contributed by atoms with Crippen molar-refractivity contribution < 1.29 is 18.8 Å². The number of amides is 1. The largest absolute Gasteiger partial charge is 0.493 e. The van der Waals surface area contributed by atoms with Crippen molar-refractivity contribution >= 4 is 5.91 Å². The van der Waals surface area contributed by atoms with Crippen LogP contribution in [0.3, 0.4) is 0 Å². The fraction of sp³-hybridized carbons (Fsp3) is 0.385. The molecule has 0 unspecified atom stereocenters. The van der Waals surface area contributed by atoms with Crippen LogP contribution in [-0.4, -0.2) is 53.6 Å². The van der Waals surface area contributed by atoms with Crippen molar-refractivity contribution in [3.63, 3.8) is 0 Å². The molecule has 0 aliphatic carbocycles. The van der Waals surface area contributed by atoms with E-state index in [1.807, 2.05) is 43.0 Å². The maximum Gasteiger partial charge on any atom is 0.257 e. The summed E-state index contributed by atoms with van der Waals surface area (Å²) in [6.45, 7) is 8.85. The average molecular weight is 448 g/mol. The Labute approximate surface area is 193 Å². The number of ether oxygens (including phenoxy) is 2. The van der Waals surface area contributed by atoms with Gasteiger partial charge >= 0.3 is 0 Å². The van der Waals surface area contributed by atoms with Crippen molar-refractivity contribution in [2.75, 3.05) is 32.8 Å². The molecule has 2 aliphatic rings. The highest BCUT2D eigenvalue weighted by Crippen LogP contribution is 2.27. The van der Waals surface area contributed by atoms with E-state index < -0.39 is 0 Å². The van der Waals surface area contributed by atoms with E-state index in [2.05, 4.69) is 28.3 Å². The van der Waals surface area contributed by atoms with Gasteiger partial charge in [0.1, 0.15) is 23.9 Å². The summed E-state index contributed by atoms with van der Waals surface area (Å²) in [5, 5.41) is 3.97. The van der Waals surface area contributed by atoms with Crippen molar-refractivity contribution in [1.82, 2.24) is 15.0 Å². The number of fused-ring (bicyclic) bond motifs is 1. The second-order valence-corrected chi connectivity index (χ2v) is 8.70. The minimum atomic E-state index is 0.0127. The molecule has 1 saturated heterocycles. The number of carbonyl (C=O) groups excluding carboxylic acids is 1. The summed E-state index contributed by atoms with van der Waals surface area (Å²) in [6, 6.07) is 13.9. The summed E-state index contributed by atoms with van der Waals surface area (Å²) in [7, 11) is 0. The van der Waals surface area contributed by atoms with Crippen LogP contribution in [0.5, 0.6) is 11.5 Å². The third-order valence-corrected chi connectivity index (χ3v) is 6.49. The van der Waals surface area contributed by atoms with Gasteiger partial charge in [-0.3, -0.25) is 9.69 Å². The monoisotopic (exact) mass is 447 g/mol. The summed E-state index contributed by atoms with van der Waals surface area (Å²) >= 11 is 0. The van der Waals surface area contributed by atoms with E-state index in [9.17, 15) is 4.79 Å². The van der Waals surface area contributed by atoms with Gasteiger partial charge < -0.3 is 18.9 Å². The zero-order valence-electron chi connectivity index (χ0n) is 19.2. The van der Waals surface area contributed by atoms with Crippen LogP contribution >= 0.6 is 0 Å². The number of piperazine rings is 1. The molecule has 0 spiro atoms. The Hall–Kier alpha value is -3.32. The van der Waals surface area contributed by atoms with Crippen LogP contribution in [0.1, 0.15) is 38.5 Å². The highest BCUT2D eigenvalue weighted by molar-refractivity contribution is 5.97. The van der Waals surface area contributed by atoms with Gasteiger partial charge in [0.15, 0.2) is 0 Å². The molecule has 5 rings (SSSR count). The number of benzene rings is 2. The van der Waals surface area contributed by atoms with Crippen LogP contribution in [0.4, 0.5) is 0 Å². The fourth-order valence-electron chi connectivity index (χ4n) is 4.50. The van der Waals surface area contributed by atoms with Gasteiger partial charge in [-0.1, -0.05) is 29.4 Å². The third kappa shape index (κ3) is 4.59. The summed E-state index contributed by atoms with van der Waals surface area (Å²) < 4.78 is 16.8. The van der Waals surface area contributed by atoms with E-state index in [0.717, 1.165) is 55.4 Å². The zero-order valence-corrected chi connectivity index (χ0v) is 19.2. The van der Waals surface area contributed by atoms with Crippen molar-refractivity contribution in [3.8, 4) is 11.5 Å². The molecule has 2 aromatic carbocycles. The topological polar surface area (TPSA) is 68.0 Å². The minimum Gasteiger partial charge on any atom is -0.493 e. The lowest BCUT2D eigenvalue weighted by molar-refractivity contribution is 0.0624. The first-order valence-electron chi connectivity index (χ1n) is 11.5. The van der Waals surface area contributed by atoms with Crippen molar-refractivity contribution in [1.29, 1.82) is 0 Å². The predicted molar refractivity (Wildman–Crippen MR) is 124 cm³/mol. The first-order valence-corrected chi connectivity index (χ1v) is 11.5. The normalized spacial score (nSPS) is 15.9. The summed E-state index contributed by atoms with van der Waals surface area (Å²) in [4.78, 5) is 17.6. The lowest BCUT2D eigenvalue weighted by Gasteiger charge is -2.35. The Morgan fingerprint density at radius 1 is 1.09 bits per heavy atom. The van der Waals surface area contributed by atoms with E-state index >= 15 is 0 Å². The maximum absolute atomic E-state index is 13.3. The number of nitrogens with zero attached hydrogens (tertiary/aromatic N) is 3. The molecular formula is C26H29N3O4. The van der Waals surface area contributed by atoms with Crippen molar-refractivity contribution in [2.24, 2.45) is 0 Å². The molecule has 0 radical (unpaired) electrons. The second-order valence-electron chi connectivity index (χ2n) is 8.70. The molecule has 0 atom stereocenters. The summed E-state index contributed by atoms with van der Waals surface area (Å²) in [6.07, 6.45) is 0.989. The number of carbonyl (C=O) groups is 1. The molecule has 3 heterocycles. The Balaban J connectivity index is 1.20. The van der Waals surface area contributed by atoms with Crippen LogP contribution < -0.4 is 9.47 Å². The van der Waals surface area contributed by atoms with E-state index in [-0.39, 0.29) is 5.91 Å². The summed E-state index contributed by atoms with van der Waals surface area (Å²) in [5.41, 5.74) is 4.93. The first-order chi connectivity index (χ1) is 16.1. The van der Waals surface area contributed by atoms with Crippen LogP contribution in [0, 0.1) is 13.8 Å². The van der Waals surface area contributed by atoms with E-state index in [0.29, 0.717) is 31.0 Å². The van der Waals surface area contributed by atoms with Gasteiger partial charge in [0.2, 0.25) is 0 Å². The van der Waals surface area contributed by atoms with Crippen LogP contribution in [0.15, 0.2) is 47.0 Å². The fourth-order valence-corrected chi connectivity index (χ4v) is 4.50. The predicted octanol–water partition coefficient (Wildman–Crippen LogP) is 3.76. The molecule has 33 heavy (non-hydrogen) atoms. The molecule has 2 aliphatic heterocycles. The maximum atomic E-state index is 13.3. The lowest BCUT2D eigenvalue weighted by Crippen LogP contribution is -2.48.